The van der Waals surface area contributed by atoms with E-state index < -0.39 is 5.60 Å². The predicted molar refractivity (Wildman–Crippen MR) is 156 cm³/mol. The van der Waals surface area contributed by atoms with Gasteiger partial charge in [-0.15, -0.1) is 11.3 Å². The fourth-order valence-corrected chi connectivity index (χ4v) is 6.72. The quantitative estimate of drug-likeness (QED) is 0.303. The van der Waals surface area contributed by atoms with E-state index in [0.717, 1.165) is 37.5 Å². The standard InChI is InChI=1S/C30H34ClN3O5S/c1-17-14-19(31)15-22(27(17)38-20-9-12-33(13-10-20)29(37)39-30(3,4)5)21-8-11-32-23-16-24(40-28(21)23)18(2)34-25(35)6-7-26(34)36/h8,11,14-16,18,20H,6-7,9-10,12-13H2,1-5H3/t18-/m0/s1. The highest BCUT2D eigenvalue weighted by molar-refractivity contribution is 7.19. The summed E-state index contributed by atoms with van der Waals surface area (Å²) in [5.74, 6) is 0.476. The van der Waals surface area contributed by atoms with Crippen molar-refractivity contribution in [2.24, 2.45) is 0 Å². The van der Waals surface area contributed by atoms with Gasteiger partial charge in [-0.05, 0) is 64.4 Å². The van der Waals surface area contributed by atoms with Gasteiger partial charge < -0.3 is 14.4 Å². The lowest BCUT2D eigenvalue weighted by molar-refractivity contribution is -0.140. The van der Waals surface area contributed by atoms with Gasteiger partial charge in [0.15, 0.2) is 0 Å². The van der Waals surface area contributed by atoms with Crippen molar-refractivity contribution in [3.05, 3.63) is 45.9 Å². The first-order valence-corrected chi connectivity index (χ1v) is 14.8. The molecule has 212 valence electrons. The molecule has 8 nitrogen and oxygen atoms in total. The van der Waals surface area contributed by atoms with Gasteiger partial charge in [0.1, 0.15) is 17.5 Å². The zero-order valence-corrected chi connectivity index (χ0v) is 25.0. The third kappa shape index (κ3) is 5.81. The molecule has 40 heavy (non-hydrogen) atoms. The van der Waals surface area contributed by atoms with Crippen LogP contribution in [0.1, 0.15) is 69.9 Å². The molecular formula is C30H34ClN3O5S. The second-order valence-electron chi connectivity index (χ2n) is 11.4. The maximum atomic E-state index is 12.5. The number of benzene rings is 1. The molecule has 2 aromatic heterocycles. The lowest BCUT2D eigenvalue weighted by Gasteiger charge is -2.34. The molecule has 1 aromatic carbocycles. The van der Waals surface area contributed by atoms with Gasteiger partial charge in [0.25, 0.3) is 0 Å². The van der Waals surface area contributed by atoms with Crippen LogP contribution in [0.15, 0.2) is 30.5 Å². The van der Waals surface area contributed by atoms with Gasteiger partial charge in [0.2, 0.25) is 11.8 Å². The topological polar surface area (TPSA) is 89.0 Å². The van der Waals surface area contributed by atoms with Crippen LogP contribution < -0.4 is 4.74 Å². The minimum absolute atomic E-state index is 0.0687. The van der Waals surface area contributed by atoms with E-state index >= 15 is 0 Å². The number of amides is 3. The van der Waals surface area contributed by atoms with Crippen LogP contribution in [0.5, 0.6) is 5.75 Å². The second-order valence-corrected chi connectivity index (χ2v) is 13.0. The highest BCUT2D eigenvalue weighted by Crippen LogP contribution is 2.44. The molecule has 10 heteroatoms. The van der Waals surface area contributed by atoms with Crippen molar-refractivity contribution in [3.8, 4) is 16.9 Å². The van der Waals surface area contributed by atoms with Crippen LogP contribution in [-0.4, -0.2) is 57.5 Å². The Morgan fingerprint density at radius 3 is 2.42 bits per heavy atom. The van der Waals surface area contributed by atoms with Crippen LogP contribution in [0, 0.1) is 6.92 Å². The molecule has 2 saturated heterocycles. The van der Waals surface area contributed by atoms with E-state index in [1.165, 1.54) is 16.2 Å². The van der Waals surface area contributed by atoms with Gasteiger partial charge in [0.05, 0.1) is 16.3 Å². The van der Waals surface area contributed by atoms with Crippen LogP contribution in [-0.2, 0) is 14.3 Å². The third-order valence-electron chi connectivity index (χ3n) is 7.23. The highest BCUT2D eigenvalue weighted by Gasteiger charge is 2.34. The number of aryl methyl sites for hydroxylation is 1. The lowest BCUT2D eigenvalue weighted by atomic mass is 10.0. The number of pyridine rings is 1. The average Bonchev–Trinajstić information content (AvgIpc) is 3.47. The van der Waals surface area contributed by atoms with Crippen LogP contribution in [0.25, 0.3) is 21.3 Å². The van der Waals surface area contributed by atoms with E-state index in [1.54, 1.807) is 11.1 Å². The van der Waals surface area contributed by atoms with E-state index in [0.29, 0.717) is 31.0 Å². The van der Waals surface area contributed by atoms with E-state index in [1.807, 2.05) is 58.9 Å². The van der Waals surface area contributed by atoms with Crippen molar-refractivity contribution in [1.82, 2.24) is 14.8 Å². The number of nitrogens with zero attached hydrogens (tertiary/aromatic N) is 3. The van der Waals surface area contributed by atoms with Gasteiger partial charge in [-0.2, -0.15) is 0 Å². The zero-order valence-electron chi connectivity index (χ0n) is 23.5. The Bertz CT molecular complexity index is 1460. The molecule has 3 amide bonds. The summed E-state index contributed by atoms with van der Waals surface area (Å²) in [5, 5.41) is 0.600. The molecule has 2 aliphatic heterocycles. The number of likely N-dealkylation sites (tertiary alicyclic amines) is 2. The van der Waals surface area contributed by atoms with Gasteiger partial charge in [-0.25, -0.2) is 4.79 Å². The van der Waals surface area contributed by atoms with Crippen LogP contribution in [0.3, 0.4) is 0 Å². The number of aromatic nitrogens is 1. The summed E-state index contributed by atoms with van der Waals surface area (Å²) in [4.78, 5) is 45.8. The summed E-state index contributed by atoms with van der Waals surface area (Å²) in [6.45, 7) is 10.6. The van der Waals surface area contributed by atoms with E-state index in [-0.39, 0.29) is 42.9 Å². The lowest BCUT2D eigenvalue weighted by Crippen LogP contribution is -2.44. The summed E-state index contributed by atoms with van der Waals surface area (Å²) in [6.07, 6.45) is 3.28. The number of piperidine rings is 1. The average molecular weight is 584 g/mol. The van der Waals surface area contributed by atoms with Crippen LogP contribution in [0.2, 0.25) is 5.02 Å². The molecular weight excluding hydrogens is 550 g/mol. The molecule has 4 heterocycles. The number of thiophene rings is 1. The van der Waals surface area contributed by atoms with Crippen LogP contribution in [0.4, 0.5) is 4.79 Å². The predicted octanol–water partition coefficient (Wildman–Crippen LogP) is 6.91. The third-order valence-corrected chi connectivity index (χ3v) is 8.77. The number of carbonyl (C=O) groups excluding carboxylic acids is 3. The van der Waals surface area contributed by atoms with Gasteiger partial charge in [0, 0.05) is 66.0 Å². The Morgan fingerprint density at radius 1 is 1.10 bits per heavy atom. The van der Waals surface area contributed by atoms with Crippen molar-refractivity contribution in [1.29, 1.82) is 0 Å². The maximum absolute atomic E-state index is 12.5. The Balaban J connectivity index is 1.42. The summed E-state index contributed by atoms with van der Waals surface area (Å²) < 4.78 is 13.1. The van der Waals surface area contributed by atoms with E-state index in [2.05, 4.69) is 4.98 Å². The first kappa shape index (κ1) is 28.4. The number of imide groups is 1. The summed E-state index contributed by atoms with van der Waals surface area (Å²) in [7, 11) is 0. The van der Waals surface area contributed by atoms with Crippen molar-refractivity contribution < 1.29 is 23.9 Å². The fourth-order valence-electron chi connectivity index (χ4n) is 5.26. The maximum Gasteiger partial charge on any atom is 0.410 e. The van der Waals surface area contributed by atoms with E-state index in [9.17, 15) is 14.4 Å². The molecule has 2 fully saturated rings. The minimum atomic E-state index is -0.533. The van der Waals surface area contributed by atoms with Crippen molar-refractivity contribution in [2.75, 3.05) is 13.1 Å². The number of hydrogen-bond acceptors (Lipinski definition) is 7. The molecule has 1 atom stereocenters. The number of ether oxygens (including phenoxy) is 2. The molecule has 0 saturated carbocycles. The number of carbonyl (C=O) groups is 3. The molecule has 2 aliphatic rings. The second kappa shape index (κ2) is 11.0. The molecule has 5 rings (SSSR count). The molecule has 3 aromatic rings. The molecule has 0 N–H and O–H groups in total. The Labute approximate surface area is 243 Å². The Kier molecular flexibility index (Phi) is 7.81. The van der Waals surface area contributed by atoms with Crippen molar-refractivity contribution >= 4 is 51.1 Å². The van der Waals surface area contributed by atoms with Gasteiger partial charge in [-0.3, -0.25) is 19.5 Å². The summed E-state index contributed by atoms with van der Waals surface area (Å²) in [6, 6.07) is 7.34. The number of halogens is 1. The number of rotatable bonds is 5. The Morgan fingerprint density at radius 2 is 1.77 bits per heavy atom. The first-order chi connectivity index (χ1) is 18.9. The zero-order chi connectivity index (χ0) is 28.8. The fraction of sp³-hybridized carbons (Fsp3) is 0.467. The Hall–Kier alpha value is -3.17. The molecule has 0 radical (unpaired) electrons. The smallest absolute Gasteiger partial charge is 0.410 e. The van der Waals surface area contributed by atoms with Gasteiger partial charge >= 0.3 is 6.09 Å². The van der Waals surface area contributed by atoms with Crippen LogP contribution >= 0.6 is 22.9 Å². The molecule has 0 bridgehead atoms. The number of fused-ring (bicyclic) bond motifs is 1. The molecule has 0 aliphatic carbocycles. The SMILES string of the molecule is Cc1cc(Cl)cc(-c2ccnc3cc([C@H](C)N4C(=O)CCC4=O)sc23)c1OC1CCN(C(=O)OC(C)(C)C)CC1. The molecule has 0 unspecified atom stereocenters. The first-order valence-electron chi connectivity index (χ1n) is 13.6. The monoisotopic (exact) mass is 583 g/mol. The highest BCUT2D eigenvalue weighted by atomic mass is 35.5. The van der Waals surface area contributed by atoms with Crippen molar-refractivity contribution in [2.45, 2.75) is 78.0 Å². The van der Waals surface area contributed by atoms with E-state index in [4.69, 9.17) is 21.1 Å². The number of hydrogen-bond donors (Lipinski definition) is 0. The molecule has 0 spiro atoms. The summed E-state index contributed by atoms with van der Waals surface area (Å²) >= 11 is 8.07. The summed E-state index contributed by atoms with van der Waals surface area (Å²) in [5.41, 5.74) is 2.97. The van der Waals surface area contributed by atoms with Gasteiger partial charge in [-0.1, -0.05) is 11.6 Å². The van der Waals surface area contributed by atoms with Crippen molar-refractivity contribution in [3.63, 3.8) is 0 Å². The normalized spacial score (nSPS) is 17.6. The minimum Gasteiger partial charge on any atom is -0.489 e. The largest absolute Gasteiger partial charge is 0.489 e.